The molecule has 1 heterocycles. The fourth-order valence-corrected chi connectivity index (χ4v) is 2.72. The topological polar surface area (TPSA) is 12.9 Å². The summed E-state index contributed by atoms with van der Waals surface area (Å²) in [5.74, 6) is 0. The molecule has 0 N–H and O–H groups in total. The molecule has 0 atom stereocenters. The molecule has 15 heavy (non-hydrogen) atoms. The van der Waals surface area contributed by atoms with E-state index in [-0.39, 0.29) is 0 Å². The van der Waals surface area contributed by atoms with Crippen LogP contribution in [0.1, 0.15) is 11.3 Å². The fourth-order valence-electron chi connectivity index (χ4n) is 1.51. The van der Waals surface area contributed by atoms with Crippen molar-refractivity contribution in [2.45, 2.75) is 13.8 Å². The van der Waals surface area contributed by atoms with Crippen LogP contribution in [0.15, 0.2) is 21.1 Å². The summed E-state index contributed by atoms with van der Waals surface area (Å²) < 4.78 is 1.99. The van der Waals surface area contributed by atoms with E-state index in [4.69, 9.17) is 11.6 Å². The number of rotatable bonds is 0. The Morgan fingerprint density at radius 3 is 2.47 bits per heavy atom. The Balaban J connectivity index is 2.98. The van der Waals surface area contributed by atoms with Gasteiger partial charge < -0.3 is 0 Å². The number of aryl methyl sites for hydroxylation is 2. The van der Waals surface area contributed by atoms with Crippen molar-refractivity contribution in [1.82, 2.24) is 4.98 Å². The zero-order chi connectivity index (χ0) is 11.2. The molecule has 0 aliphatic carbocycles. The quantitative estimate of drug-likeness (QED) is 0.650. The molecule has 1 nitrogen and oxygen atoms in total. The van der Waals surface area contributed by atoms with Gasteiger partial charge in [0.25, 0.3) is 0 Å². The average molecular weight is 349 g/mol. The van der Waals surface area contributed by atoms with Crippen molar-refractivity contribution in [2.24, 2.45) is 0 Å². The smallest absolute Gasteiger partial charge is 0.0903 e. The van der Waals surface area contributed by atoms with Gasteiger partial charge in [0, 0.05) is 9.86 Å². The van der Waals surface area contributed by atoms with Gasteiger partial charge in [0.05, 0.1) is 20.7 Å². The van der Waals surface area contributed by atoms with Crippen LogP contribution in [0.5, 0.6) is 0 Å². The lowest BCUT2D eigenvalue weighted by atomic mass is 10.1. The molecule has 1 aromatic heterocycles. The van der Waals surface area contributed by atoms with Gasteiger partial charge >= 0.3 is 0 Å². The van der Waals surface area contributed by atoms with E-state index in [2.05, 4.69) is 42.9 Å². The van der Waals surface area contributed by atoms with Gasteiger partial charge in [0.2, 0.25) is 0 Å². The van der Waals surface area contributed by atoms with Crippen molar-refractivity contribution in [1.29, 1.82) is 0 Å². The number of hydrogen-bond donors (Lipinski definition) is 0. The van der Waals surface area contributed by atoms with E-state index in [1.807, 2.05) is 19.9 Å². The molecule has 0 saturated carbocycles. The molecular weight excluding hydrogens is 341 g/mol. The summed E-state index contributed by atoms with van der Waals surface area (Å²) >= 11 is 13.2. The Morgan fingerprint density at radius 2 is 1.80 bits per heavy atom. The number of pyridine rings is 1. The van der Waals surface area contributed by atoms with Crippen LogP contribution >= 0.6 is 43.5 Å². The number of fused-ring (bicyclic) bond motifs is 1. The number of halogens is 3. The molecule has 0 saturated heterocycles. The second-order valence-electron chi connectivity index (χ2n) is 3.47. The van der Waals surface area contributed by atoms with Crippen molar-refractivity contribution < 1.29 is 0 Å². The normalized spacial score (nSPS) is 11.0. The summed E-state index contributed by atoms with van der Waals surface area (Å²) in [6, 6.07) is 4.00. The minimum Gasteiger partial charge on any atom is -0.250 e. The van der Waals surface area contributed by atoms with Crippen LogP contribution in [0.3, 0.4) is 0 Å². The van der Waals surface area contributed by atoms with Crippen molar-refractivity contribution in [2.75, 3.05) is 0 Å². The predicted molar refractivity (Wildman–Crippen MR) is 71.6 cm³/mol. The molecule has 0 radical (unpaired) electrons. The van der Waals surface area contributed by atoms with Crippen molar-refractivity contribution >= 4 is 54.4 Å². The second kappa shape index (κ2) is 4.04. The summed E-state index contributed by atoms with van der Waals surface area (Å²) in [5, 5.41) is 1.73. The third-order valence-electron chi connectivity index (χ3n) is 2.23. The summed E-state index contributed by atoms with van der Waals surface area (Å²) in [7, 11) is 0. The van der Waals surface area contributed by atoms with Crippen LogP contribution in [0, 0.1) is 13.8 Å². The first-order valence-corrected chi connectivity index (χ1v) is 6.38. The van der Waals surface area contributed by atoms with Crippen LogP contribution in [0.4, 0.5) is 0 Å². The van der Waals surface area contributed by atoms with Gasteiger partial charge in [-0.05, 0) is 63.4 Å². The van der Waals surface area contributed by atoms with Crippen LogP contribution in [-0.4, -0.2) is 4.98 Å². The van der Waals surface area contributed by atoms with E-state index in [1.54, 1.807) is 0 Å². The number of aromatic nitrogens is 1. The summed E-state index contributed by atoms with van der Waals surface area (Å²) in [4.78, 5) is 4.47. The van der Waals surface area contributed by atoms with Gasteiger partial charge in [-0.2, -0.15) is 0 Å². The second-order valence-corrected chi connectivity index (χ2v) is 5.46. The van der Waals surface area contributed by atoms with Crippen LogP contribution < -0.4 is 0 Å². The van der Waals surface area contributed by atoms with Crippen molar-refractivity contribution in [3.05, 3.63) is 37.4 Å². The highest BCUT2D eigenvalue weighted by molar-refractivity contribution is 9.13. The number of benzene rings is 1. The minimum atomic E-state index is 0.696. The number of hydrogen-bond acceptors (Lipinski definition) is 1. The standard InChI is InChI=1S/C11H8Br2ClN/c1-5-3-7-10(13)9(12)6(2)15-11(7)8(14)4-5/h3-4H,1-2H3. The first-order valence-electron chi connectivity index (χ1n) is 4.42. The first kappa shape index (κ1) is 11.4. The van der Waals surface area contributed by atoms with Crippen LogP contribution in [0.25, 0.3) is 10.9 Å². The van der Waals surface area contributed by atoms with E-state index >= 15 is 0 Å². The molecule has 2 aromatic rings. The van der Waals surface area contributed by atoms with E-state index in [0.29, 0.717) is 5.02 Å². The molecule has 0 spiro atoms. The molecular formula is C11H8Br2ClN. The largest absolute Gasteiger partial charge is 0.250 e. The fraction of sp³-hybridized carbons (Fsp3) is 0.182. The highest BCUT2D eigenvalue weighted by atomic mass is 79.9. The number of nitrogens with zero attached hydrogens (tertiary/aromatic N) is 1. The van der Waals surface area contributed by atoms with Gasteiger partial charge in [-0.1, -0.05) is 11.6 Å². The lowest BCUT2D eigenvalue weighted by molar-refractivity contribution is 1.22. The Labute approximate surface area is 110 Å². The Hall–Kier alpha value is -0.120. The lowest BCUT2D eigenvalue weighted by Gasteiger charge is -2.08. The van der Waals surface area contributed by atoms with E-state index < -0.39 is 0 Å². The SMILES string of the molecule is Cc1cc(Cl)c2nc(C)c(Br)c(Br)c2c1. The van der Waals surface area contributed by atoms with E-state index in [1.165, 1.54) is 0 Å². The molecule has 0 bridgehead atoms. The molecule has 78 valence electrons. The highest BCUT2D eigenvalue weighted by Gasteiger charge is 2.10. The molecule has 1 aromatic carbocycles. The minimum absolute atomic E-state index is 0.696. The van der Waals surface area contributed by atoms with Gasteiger partial charge in [0.15, 0.2) is 0 Å². The monoisotopic (exact) mass is 347 g/mol. The van der Waals surface area contributed by atoms with Crippen LogP contribution in [0.2, 0.25) is 5.02 Å². The molecule has 0 aliphatic heterocycles. The zero-order valence-corrected chi connectivity index (χ0v) is 12.2. The molecule has 4 heteroatoms. The van der Waals surface area contributed by atoms with Gasteiger partial charge in [0.1, 0.15) is 0 Å². The Bertz CT molecular complexity index is 552. The third-order valence-corrected chi connectivity index (χ3v) is 4.85. The maximum atomic E-state index is 6.16. The molecule has 0 amide bonds. The van der Waals surface area contributed by atoms with Crippen molar-refractivity contribution in [3.63, 3.8) is 0 Å². The predicted octanol–water partition coefficient (Wildman–Crippen LogP) is 5.03. The molecule has 0 aliphatic rings. The van der Waals surface area contributed by atoms with Crippen LogP contribution in [-0.2, 0) is 0 Å². The summed E-state index contributed by atoms with van der Waals surface area (Å²) in [6.45, 7) is 3.97. The van der Waals surface area contributed by atoms with E-state index in [0.717, 1.165) is 31.1 Å². The molecule has 0 fully saturated rings. The summed E-state index contributed by atoms with van der Waals surface area (Å²) in [6.07, 6.45) is 0. The van der Waals surface area contributed by atoms with Crippen molar-refractivity contribution in [3.8, 4) is 0 Å². The lowest BCUT2D eigenvalue weighted by Crippen LogP contribution is -1.90. The van der Waals surface area contributed by atoms with E-state index in [9.17, 15) is 0 Å². The van der Waals surface area contributed by atoms with Gasteiger partial charge in [-0.3, -0.25) is 4.98 Å². The Kier molecular flexibility index (Phi) is 3.06. The molecule has 0 unspecified atom stereocenters. The van der Waals surface area contributed by atoms with Gasteiger partial charge in [-0.25, -0.2) is 0 Å². The maximum absolute atomic E-state index is 6.16. The average Bonchev–Trinajstić information content (AvgIpc) is 2.17. The zero-order valence-electron chi connectivity index (χ0n) is 8.24. The summed E-state index contributed by atoms with van der Waals surface area (Å²) in [5.41, 5.74) is 2.90. The van der Waals surface area contributed by atoms with Gasteiger partial charge in [-0.15, -0.1) is 0 Å². The maximum Gasteiger partial charge on any atom is 0.0903 e. The molecule has 2 rings (SSSR count). The third kappa shape index (κ3) is 1.93. The highest BCUT2D eigenvalue weighted by Crippen LogP contribution is 2.35. The Morgan fingerprint density at radius 1 is 1.13 bits per heavy atom. The first-order chi connectivity index (χ1) is 7.00.